The number of carbonyl (C=O) groups is 1. The van der Waals surface area contributed by atoms with Gasteiger partial charge in [0, 0.05) is 19.1 Å². The highest BCUT2D eigenvalue weighted by Crippen LogP contribution is 2.33. The molecular weight excluding hydrogens is 325 g/mol. The fourth-order valence-corrected chi connectivity index (χ4v) is 2.47. The maximum atomic E-state index is 13.0. The van der Waals surface area contributed by atoms with Crippen molar-refractivity contribution in [1.29, 1.82) is 0 Å². The van der Waals surface area contributed by atoms with Crippen LogP contribution in [0.1, 0.15) is 22.5 Å². The second kappa shape index (κ2) is 6.60. The Morgan fingerprint density at radius 3 is 2.88 bits per heavy atom. The van der Waals surface area contributed by atoms with Crippen LogP contribution in [0.15, 0.2) is 30.5 Å². The maximum Gasteiger partial charge on any atom is 0.418 e. The highest BCUT2D eigenvalue weighted by atomic mass is 19.4. The van der Waals surface area contributed by atoms with Crippen molar-refractivity contribution in [3.63, 3.8) is 0 Å². The summed E-state index contributed by atoms with van der Waals surface area (Å²) >= 11 is 0. The molecule has 0 bridgehead atoms. The summed E-state index contributed by atoms with van der Waals surface area (Å²) in [6.45, 7) is 1.70. The van der Waals surface area contributed by atoms with Crippen molar-refractivity contribution in [2.75, 3.05) is 19.8 Å². The van der Waals surface area contributed by atoms with Crippen LogP contribution in [0, 0.1) is 5.92 Å². The quantitative estimate of drug-likeness (QED) is 0.925. The highest BCUT2D eigenvalue weighted by Gasteiger charge is 2.34. The van der Waals surface area contributed by atoms with Crippen LogP contribution >= 0.6 is 0 Å². The molecule has 6 nitrogen and oxygen atoms in total. The van der Waals surface area contributed by atoms with E-state index in [4.69, 9.17) is 4.74 Å². The van der Waals surface area contributed by atoms with Crippen molar-refractivity contribution in [3.8, 4) is 5.69 Å². The topological polar surface area (TPSA) is 69.0 Å². The summed E-state index contributed by atoms with van der Waals surface area (Å²) in [5.74, 6) is -0.229. The Kier molecular flexibility index (Phi) is 4.52. The Hall–Kier alpha value is -2.42. The number of amides is 1. The molecule has 1 atom stereocenters. The van der Waals surface area contributed by atoms with E-state index < -0.39 is 17.6 Å². The molecule has 0 saturated carbocycles. The van der Waals surface area contributed by atoms with Gasteiger partial charge in [-0.2, -0.15) is 13.2 Å². The van der Waals surface area contributed by atoms with Gasteiger partial charge < -0.3 is 10.1 Å². The number of rotatable bonds is 4. The van der Waals surface area contributed by atoms with Gasteiger partial charge in [0.1, 0.15) is 0 Å². The summed E-state index contributed by atoms with van der Waals surface area (Å²) in [6.07, 6.45) is -2.47. The molecule has 128 valence electrons. The summed E-state index contributed by atoms with van der Waals surface area (Å²) in [5, 5.41) is 10.00. The fraction of sp³-hybridized carbons (Fsp3) is 0.400. The molecule has 0 unspecified atom stereocenters. The SMILES string of the molecule is O=C(NC[C@@H]1CCOC1)c1cn(-c2ccccc2C(F)(F)F)nn1. The summed E-state index contributed by atoms with van der Waals surface area (Å²) < 4.78 is 45.3. The van der Waals surface area contributed by atoms with Gasteiger partial charge >= 0.3 is 6.18 Å². The van der Waals surface area contributed by atoms with E-state index >= 15 is 0 Å². The molecule has 2 aromatic rings. The zero-order chi connectivity index (χ0) is 17.2. The van der Waals surface area contributed by atoms with E-state index in [1.54, 1.807) is 0 Å². The van der Waals surface area contributed by atoms with Gasteiger partial charge in [-0.3, -0.25) is 4.79 Å². The predicted octanol–water partition coefficient (Wildman–Crippen LogP) is 2.05. The van der Waals surface area contributed by atoms with Gasteiger partial charge in [-0.05, 0) is 18.6 Å². The number of carbonyl (C=O) groups excluding carboxylic acids is 1. The van der Waals surface area contributed by atoms with Crippen molar-refractivity contribution in [2.24, 2.45) is 5.92 Å². The average molecular weight is 340 g/mol. The molecule has 1 fully saturated rings. The lowest BCUT2D eigenvalue weighted by Crippen LogP contribution is -2.29. The second-order valence-corrected chi connectivity index (χ2v) is 5.50. The van der Waals surface area contributed by atoms with Gasteiger partial charge in [0.05, 0.1) is 24.1 Å². The number of alkyl halides is 3. The van der Waals surface area contributed by atoms with E-state index in [9.17, 15) is 18.0 Å². The lowest BCUT2D eigenvalue weighted by molar-refractivity contribution is -0.137. The Labute approximate surface area is 135 Å². The number of aromatic nitrogens is 3. The molecule has 0 aliphatic carbocycles. The molecular formula is C15H15F3N4O2. The normalized spacial score (nSPS) is 17.9. The number of hydrogen-bond donors (Lipinski definition) is 1. The van der Waals surface area contributed by atoms with E-state index in [-0.39, 0.29) is 17.3 Å². The standard InChI is InChI=1S/C15H15F3N4O2/c16-15(17,18)11-3-1-2-4-13(11)22-8-12(20-21-22)14(23)19-7-10-5-6-24-9-10/h1-4,8,10H,5-7,9H2,(H,19,23)/t10-/m0/s1. The van der Waals surface area contributed by atoms with Crippen molar-refractivity contribution in [2.45, 2.75) is 12.6 Å². The van der Waals surface area contributed by atoms with Crippen LogP contribution in [-0.2, 0) is 10.9 Å². The molecule has 0 radical (unpaired) electrons. The second-order valence-electron chi connectivity index (χ2n) is 5.50. The first-order valence-corrected chi connectivity index (χ1v) is 7.40. The first-order valence-electron chi connectivity index (χ1n) is 7.40. The first-order chi connectivity index (χ1) is 11.4. The zero-order valence-corrected chi connectivity index (χ0v) is 12.6. The third-order valence-corrected chi connectivity index (χ3v) is 3.76. The van der Waals surface area contributed by atoms with E-state index in [1.165, 1.54) is 24.4 Å². The molecule has 1 aromatic heterocycles. The molecule has 1 saturated heterocycles. The molecule has 2 heterocycles. The van der Waals surface area contributed by atoms with Gasteiger partial charge in [0.2, 0.25) is 0 Å². The van der Waals surface area contributed by atoms with E-state index in [0.29, 0.717) is 19.8 Å². The minimum absolute atomic E-state index is 0.0362. The summed E-state index contributed by atoms with van der Waals surface area (Å²) in [4.78, 5) is 12.0. The van der Waals surface area contributed by atoms with Crippen molar-refractivity contribution >= 4 is 5.91 Å². The smallest absolute Gasteiger partial charge is 0.381 e. The molecule has 0 spiro atoms. The number of para-hydroxylation sites is 1. The first kappa shape index (κ1) is 16.4. The summed E-state index contributed by atoms with van der Waals surface area (Å²) in [7, 11) is 0. The lowest BCUT2D eigenvalue weighted by Gasteiger charge is -2.11. The Morgan fingerprint density at radius 2 is 2.17 bits per heavy atom. The van der Waals surface area contributed by atoms with Gasteiger partial charge in [0.25, 0.3) is 5.91 Å². The van der Waals surface area contributed by atoms with Gasteiger partial charge in [-0.25, -0.2) is 4.68 Å². The third-order valence-electron chi connectivity index (χ3n) is 3.76. The van der Waals surface area contributed by atoms with Gasteiger partial charge in [-0.15, -0.1) is 5.10 Å². The van der Waals surface area contributed by atoms with Crippen LogP contribution in [0.25, 0.3) is 5.69 Å². The molecule has 24 heavy (non-hydrogen) atoms. The molecule has 1 aliphatic heterocycles. The van der Waals surface area contributed by atoms with Gasteiger partial charge in [0.15, 0.2) is 5.69 Å². The molecule has 3 rings (SSSR count). The predicted molar refractivity (Wildman–Crippen MR) is 77.6 cm³/mol. The van der Waals surface area contributed by atoms with Crippen LogP contribution in [0.3, 0.4) is 0 Å². The largest absolute Gasteiger partial charge is 0.418 e. The molecule has 1 aliphatic rings. The van der Waals surface area contributed by atoms with E-state index in [2.05, 4.69) is 15.6 Å². The zero-order valence-electron chi connectivity index (χ0n) is 12.6. The number of hydrogen-bond acceptors (Lipinski definition) is 4. The maximum absolute atomic E-state index is 13.0. The monoisotopic (exact) mass is 340 g/mol. The van der Waals surface area contributed by atoms with Crippen LogP contribution < -0.4 is 5.32 Å². The Morgan fingerprint density at radius 1 is 1.38 bits per heavy atom. The Bertz CT molecular complexity index is 724. The van der Waals surface area contributed by atoms with Crippen LogP contribution in [0.2, 0.25) is 0 Å². The van der Waals surface area contributed by atoms with Crippen LogP contribution in [-0.4, -0.2) is 40.7 Å². The molecule has 1 amide bonds. The third kappa shape index (κ3) is 3.56. The van der Waals surface area contributed by atoms with Crippen LogP contribution in [0.5, 0.6) is 0 Å². The van der Waals surface area contributed by atoms with Crippen molar-refractivity contribution < 1.29 is 22.7 Å². The van der Waals surface area contributed by atoms with E-state index in [1.807, 2.05) is 0 Å². The van der Waals surface area contributed by atoms with Crippen molar-refractivity contribution in [3.05, 3.63) is 41.7 Å². The number of nitrogens with one attached hydrogen (secondary N) is 1. The van der Waals surface area contributed by atoms with Crippen LogP contribution in [0.4, 0.5) is 13.2 Å². The number of nitrogens with zero attached hydrogens (tertiary/aromatic N) is 3. The number of benzene rings is 1. The van der Waals surface area contributed by atoms with Gasteiger partial charge in [-0.1, -0.05) is 17.3 Å². The molecule has 1 N–H and O–H groups in total. The minimum atomic E-state index is -4.52. The highest BCUT2D eigenvalue weighted by molar-refractivity contribution is 5.91. The molecule has 1 aromatic carbocycles. The number of ether oxygens (including phenoxy) is 1. The lowest BCUT2D eigenvalue weighted by atomic mass is 10.1. The summed E-state index contributed by atoms with van der Waals surface area (Å²) in [5.41, 5.74) is -1.06. The minimum Gasteiger partial charge on any atom is -0.381 e. The number of halogens is 3. The summed E-state index contributed by atoms with van der Waals surface area (Å²) in [6, 6.07) is 4.98. The fourth-order valence-electron chi connectivity index (χ4n) is 2.47. The van der Waals surface area contributed by atoms with Crippen molar-refractivity contribution in [1.82, 2.24) is 20.3 Å². The van der Waals surface area contributed by atoms with E-state index in [0.717, 1.165) is 17.2 Å². The molecule has 9 heteroatoms. The Balaban J connectivity index is 1.75. The average Bonchev–Trinajstić information content (AvgIpc) is 3.23.